The van der Waals surface area contributed by atoms with Gasteiger partial charge in [0.15, 0.2) is 0 Å². The number of hydrogen-bond acceptors (Lipinski definition) is 6. The first kappa shape index (κ1) is 15.0. The molecule has 1 heterocycles. The number of carbonyl (C=O) groups is 1. The third kappa shape index (κ3) is 5.10. The van der Waals surface area contributed by atoms with Gasteiger partial charge in [0.25, 0.3) is 5.22 Å². The number of thioether (sulfide) groups is 1. The Bertz CT molecular complexity index is 352. The SMILES string of the molecule is CCOC(=O)C(C)(N)CCCCSc1ncco1. The van der Waals surface area contributed by atoms with E-state index in [0.717, 1.165) is 18.6 Å². The van der Waals surface area contributed by atoms with Gasteiger partial charge < -0.3 is 14.9 Å². The van der Waals surface area contributed by atoms with Crippen molar-refractivity contribution in [2.24, 2.45) is 5.73 Å². The number of ether oxygens (including phenoxy) is 1. The zero-order valence-corrected chi connectivity index (χ0v) is 11.7. The summed E-state index contributed by atoms with van der Waals surface area (Å²) in [6, 6.07) is 0. The molecule has 0 aliphatic heterocycles. The van der Waals surface area contributed by atoms with Crippen LogP contribution >= 0.6 is 11.8 Å². The summed E-state index contributed by atoms with van der Waals surface area (Å²) in [6.07, 6.45) is 5.64. The third-order valence-corrected chi connectivity index (χ3v) is 3.41. The lowest BCUT2D eigenvalue weighted by Gasteiger charge is -2.21. The standard InChI is InChI=1S/C12H20N2O3S/c1-3-16-10(15)12(2,13)6-4-5-9-18-11-14-7-8-17-11/h7-8H,3-6,9,13H2,1-2H3. The molecule has 1 aromatic heterocycles. The van der Waals surface area contributed by atoms with E-state index in [0.29, 0.717) is 18.3 Å². The van der Waals surface area contributed by atoms with E-state index in [1.54, 1.807) is 38.1 Å². The smallest absolute Gasteiger partial charge is 0.325 e. The van der Waals surface area contributed by atoms with Crippen LogP contribution in [-0.4, -0.2) is 28.9 Å². The Hall–Kier alpha value is -1.01. The van der Waals surface area contributed by atoms with E-state index in [1.807, 2.05) is 0 Å². The summed E-state index contributed by atoms with van der Waals surface area (Å²) in [6.45, 7) is 3.86. The highest BCUT2D eigenvalue weighted by molar-refractivity contribution is 7.99. The number of nitrogens with two attached hydrogens (primary N) is 1. The van der Waals surface area contributed by atoms with Gasteiger partial charge in [0.1, 0.15) is 11.8 Å². The Balaban J connectivity index is 2.14. The van der Waals surface area contributed by atoms with Crippen LogP contribution in [0.15, 0.2) is 22.1 Å². The van der Waals surface area contributed by atoms with E-state index >= 15 is 0 Å². The van der Waals surface area contributed by atoms with Crippen LogP contribution in [0.3, 0.4) is 0 Å². The van der Waals surface area contributed by atoms with Crippen LogP contribution in [0, 0.1) is 0 Å². The fourth-order valence-corrected chi connectivity index (χ4v) is 2.22. The quantitative estimate of drug-likeness (QED) is 0.444. The molecule has 1 atom stereocenters. The molecular formula is C12H20N2O3S. The van der Waals surface area contributed by atoms with Crippen molar-refractivity contribution in [1.82, 2.24) is 4.98 Å². The zero-order chi connectivity index (χ0) is 13.4. The summed E-state index contributed by atoms with van der Waals surface area (Å²) in [7, 11) is 0. The Kier molecular flexibility index (Phi) is 6.21. The summed E-state index contributed by atoms with van der Waals surface area (Å²) < 4.78 is 10.0. The number of rotatable bonds is 8. The van der Waals surface area contributed by atoms with Crippen molar-refractivity contribution in [3.8, 4) is 0 Å². The zero-order valence-electron chi connectivity index (χ0n) is 10.8. The highest BCUT2D eigenvalue weighted by Gasteiger charge is 2.28. The van der Waals surface area contributed by atoms with Crippen LogP contribution in [0.1, 0.15) is 33.1 Å². The van der Waals surface area contributed by atoms with Crippen molar-refractivity contribution in [2.45, 2.75) is 43.9 Å². The van der Waals surface area contributed by atoms with E-state index in [2.05, 4.69) is 4.98 Å². The van der Waals surface area contributed by atoms with E-state index in [4.69, 9.17) is 14.9 Å². The van der Waals surface area contributed by atoms with Gasteiger partial charge in [-0.2, -0.15) is 0 Å². The van der Waals surface area contributed by atoms with Crippen molar-refractivity contribution in [3.05, 3.63) is 12.5 Å². The second kappa shape index (κ2) is 7.43. The molecule has 18 heavy (non-hydrogen) atoms. The van der Waals surface area contributed by atoms with Gasteiger partial charge in [0.2, 0.25) is 0 Å². The average Bonchev–Trinajstić information content (AvgIpc) is 2.82. The molecule has 0 radical (unpaired) electrons. The topological polar surface area (TPSA) is 78.4 Å². The first-order valence-corrected chi connectivity index (χ1v) is 7.03. The maximum absolute atomic E-state index is 11.5. The Morgan fingerprint density at radius 1 is 1.61 bits per heavy atom. The molecule has 0 saturated carbocycles. The molecule has 0 saturated heterocycles. The molecule has 0 amide bonds. The van der Waals surface area contributed by atoms with Gasteiger partial charge in [-0.15, -0.1) is 0 Å². The van der Waals surface area contributed by atoms with Crippen LogP contribution < -0.4 is 5.73 Å². The molecule has 1 aromatic rings. The van der Waals surface area contributed by atoms with Crippen molar-refractivity contribution < 1.29 is 13.9 Å². The minimum Gasteiger partial charge on any atom is -0.465 e. The summed E-state index contributed by atoms with van der Waals surface area (Å²) in [5.41, 5.74) is 5.03. The summed E-state index contributed by atoms with van der Waals surface area (Å²) in [4.78, 5) is 15.6. The molecule has 102 valence electrons. The molecule has 6 heteroatoms. The molecule has 2 N–H and O–H groups in total. The number of carbonyl (C=O) groups excluding carboxylic acids is 1. The third-order valence-electron chi connectivity index (χ3n) is 2.47. The van der Waals surface area contributed by atoms with Gasteiger partial charge in [-0.3, -0.25) is 4.79 Å². The van der Waals surface area contributed by atoms with Crippen molar-refractivity contribution in [2.75, 3.05) is 12.4 Å². The monoisotopic (exact) mass is 272 g/mol. The van der Waals surface area contributed by atoms with Crippen molar-refractivity contribution in [1.29, 1.82) is 0 Å². The number of esters is 1. The molecule has 0 bridgehead atoms. The van der Waals surface area contributed by atoms with Crippen molar-refractivity contribution in [3.63, 3.8) is 0 Å². The summed E-state index contributed by atoms with van der Waals surface area (Å²) in [5.74, 6) is 0.574. The van der Waals surface area contributed by atoms with Crippen LogP contribution in [-0.2, 0) is 9.53 Å². The van der Waals surface area contributed by atoms with Crippen molar-refractivity contribution >= 4 is 17.7 Å². The number of oxazole rings is 1. The summed E-state index contributed by atoms with van der Waals surface area (Å²) in [5, 5.41) is 0.677. The predicted molar refractivity (Wildman–Crippen MR) is 70.3 cm³/mol. The van der Waals surface area contributed by atoms with Crippen LogP contribution in [0.4, 0.5) is 0 Å². The van der Waals surface area contributed by atoms with Gasteiger partial charge in [0.05, 0.1) is 12.8 Å². The van der Waals surface area contributed by atoms with E-state index in [1.165, 1.54) is 0 Å². The maximum atomic E-state index is 11.5. The van der Waals surface area contributed by atoms with Crippen LogP contribution in [0.25, 0.3) is 0 Å². The highest BCUT2D eigenvalue weighted by atomic mass is 32.2. The molecule has 5 nitrogen and oxygen atoms in total. The fraction of sp³-hybridized carbons (Fsp3) is 0.667. The molecule has 0 spiro atoms. The van der Waals surface area contributed by atoms with Gasteiger partial charge in [0, 0.05) is 5.75 Å². The second-order valence-corrected chi connectivity index (χ2v) is 5.29. The Labute approximate surface area is 111 Å². The van der Waals surface area contributed by atoms with E-state index in [-0.39, 0.29) is 5.97 Å². The first-order valence-electron chi connectivity index (χ1n) is 6.04. The normalized spacial score (nSPS) is 14.2. The molecule has 0 aromatic carbocycles. The summed E-state index contributed by atoms with van der Waals surface area (Å²) >= 11 is 1.56. The van der Waals surface area contributed by atoms with Gasteiger partial charge in [-0.1, -0.05) is 18.2 Å². The first-order chi connectivity index (χ1) is 8.56. The molecule has 0 aliphatic carbocycles. The Morgan fingerprint density at radius 3 is 3.00 bits per heavy atom. The van der Waals surface area contributed by atoms with E-state index < -0.39 is 5.54 Å². The lowest BCUT2D eigenvalue weighted by Crippen LogP contribution is -2.46. The second-order valence-electron chi connectivity index (χ2n) is 4.24. The molecular weight excluding hydrogens is 252 g/mol. The lowest BCUT2D eigenvalue weighted by molar-refractivity contribution is -0.149. The number of hydrogen-bond donors (Lipinski definition) is 1. The minimum atomic E-state index is -0.885. The number of unbranched alkanes of at least 4 members (excludes halogenated alkanes) is 1. The lowest BCUT2D eigenvalue weighted by atomic mass is 9.96. The fourth-order valence-electron chi connectivity index (χ4n) is 1.43. The number of aromatic nitrogens is 1. The van der Waals surface area contributed by atoms with Gasteiger partial charge >= 0.3 is 5.97 Å². The maximum Gasteiger partial charge on any atom is 0.325 e. The van der Waals surface area contributed by atoms with Crippen LogP contribution in [0.5, 0.6) is 0 Å². The largest absolute Gasteiger partial charge is 0.465 e. The molecule has 0 fully saturated rings. The molecule has 1 unspecified atom stereocenters. The highest BCUT2D eigenvalue weighted by Crippen LogP contribution is 2.19. The van der Waals surface area contributed by atoms with Crippen LogP contribution in [0.2, 0.25) is 0 Å². The molecule has 1 rings (SSSR count). The number of nitrogens with zero attached hydrogens (tertiary/aromatic N) is 1. The molecule has 0 aliphatic rings. The van der Waals surface area contributed by atoms with Gasteiger partial charge in [-0.25, -0.2) is 4.98 Å². The Morgan fingerprint density at radius 2 is 2.39 bits per heavy atom. The average molecular weight is 272 g/mol. The predicted octanol–water partition coefficient (Wildman–Crippen LogP) is 2.22. The van der Waals surface area contributed by atoms with Gasteiger partial charge in [-0.05, 0) is 26.7 Å². The minimum absolute atomic E-state index is 0.328. The van der Waals surface area contributed by atoms with E-state index in [9.17, 15) is 4.79 Å².